The minimum Gasteiger partial charge on any atom is -0.361 e. The summed E-state index contributed by atoms with van der Waals surface area (Å²) in [5.41, 5.74) is 2.86. The SMILES string of the molecule is O=C(Nc1ccc2[nH]ccc2c1)c1ccc(-c2ccccc2)[nH]c1=O. The highest BCUT2D eigenvalue weighted by atomic mass is 16.2. The number of fused-ring (bicyclic) bond motifs is 1. The zero-order chi connectivity index (χ0) is 17.2. The van der Waals surface area contributed by atoms with Crippen molar-refractivity contribution in [3.8, 4) is 11.3 Å². The van der Waals surface area contributed by atoms with Crippen LogP contribution in [0.4, 0.5) is 5.69 Å². The topological polar surface area (TPSA) is 77.8 Å². The number of H-pyrrole nitrogens is 2. The Bertz CT molecular complexity index is 1110. The Kier molecular flexibility index (Phi) is 3.67. The minimum absolute atomic E-state index is 0.0776. The molecule has 122 valence electrons. The van der Waals surface area contributed by atoms with Crippen molar-refractivity contribution in [3.05, 3.63) is 88.8 Å². The van der Waals surface area contributed by atoms with Gasteiger partial charge in [0.15, 0.2) is 0 Å². The average Bonchev–Trinajstić information content (AvgIpc) is 3.10. The van der Waals surface area contributed by atoms with Crippen LogP contribution in [-0.2, 0) is 0 Å². The van der Waals surface area contributed by atoms with E-state index in [1.807, 2.05) is 54.7 Å². The van der Waals surface area contributed by atoms with Crippen LogP contribution in [0.25, 0.3) is 22.2 Å². The number of carbonyl (C=O) groups excluding carboxylic acids is 1. The van der Waals surface area contributed by atoms with Crippen molar-refractivity contribution in [2.45, 2.75) is 0 Å². The second kappa shape index (κ2) is 6.13. The minimum atomic E-state index is -0.434. The van der Waals surface area contributed by atoms with Crippen LogP contribution in [0.3, 0.4) is 0 Å². The van der Waals surface area contributed by atoms with E-state index in [0.29, 0.717) is 11.4 Å². The molecular formula is C20H15N3O2. The number of pyridine rings is 1. The Balaban J connectivity index is 1.60. The number of hydrogen-bond acceptors (Lipinski definition) is 2. The summed E-state index contributed by atoms with van der Waals surface area (Å²) in [6.45, 7) is 0. The normalized spacial score (nSPS) is 10.7. The molecule has 1 amide bonds. The largest absolute Gasteiger partial charge is 0.361 e. The highest BCUT2D eigenvalue weighted by Gasteiger charge is 2.12. The second-order valence-electron chi connectivity index (χ2n) is 5.71. The second-order valence-corrected chi connectivity index (χ2v) is 5.71. The summed E-state index contributed by atoms with van der Waals surface area (Å²) in [7, 11) is 0. The van der Waals surface area contributed by atoms with Gasteiger partial charge in [0.1, 0.15) is 5.56 Å². The molecule has 0 saturated carbocycles. The van der Waals surface area contributed by atoms with Crippen LogP contribution in [0.5, 0.6) is 0 Å². The van der Waals surface area contributed by atoms with E-state index in [-0.39, 0.29) is 5.56 Å². The van der Waals surface area contributed by atoms with E-state index in [2.05, 4.69) is 15.3 Å². The summed E-state index contributed by atoms with van der Waals surface area (Å²) in [4.78, 5) is 30.6. The first-order chi connectivity index (χ1) is 12.2. The number of carbonyl (C=O) groups is 1. The zero-order valence-corrected chi connectivity index (χ0v) is 13.2. The predicted octanol–water partition coefficient (Wildman–Crippen LogP) is 3.78. The molecule has 0 fully saturated rings. The highest BCUT2D eigenvalue weighted by Crippen LogP contribution is 2.19. The van der Waals surface area contributed by atoms with Gasteiger partial charge in [-0.05, 0) is 42.0 Å². The molecule has 0 atom stereocenters. The number of nitrogens with one attached hydrogen (secondary N) is 3. The molecule has 3 N–H and O–H groups in total. The van der Waals surface area contributed by atoms with Crippen LogP contribution in [0.15, 0.2) is 77.7 Å². The maximum atomic E-state index is 12.4. The summed E-state index contributed by atoms with van der Waals surface area (Å²) >= 11 is 0. The summed E-state index contributed by atoms with van der Waals surface area (Å²) in [6, 6.07) is 20.2. The van der Waals surface area contributed by atoms with Crippen molar-refractivity contribution < 1.29 is 4.79 Å². The fourth-order valence-electron chi connectivity index (χ4n) is 2.77. The first kappa shape index (κ1) is 15.0. The molecule has 2 aromatic carbocycles. The number of hydrogen-bond donors (Lipinski definition) is 3. The smallest absolute Gasteiger partial charge is 0.261 e. The molecule has 0 bridgehead atoms. The molecular weight excluding hydrogens is 314 g/mol. The van der Waals surface area contributed by atoms with E-state index < -0.39 is 11.5 Å². The van der Waals surface area contributed by atoms with Crippen molar-refractivity contribution in [2.75, 3.05) is 5.32 Å². The fraction of sp³-hybridized carbons (Fsp3) is 0. The summed E-state index contributed by atoms with van der Waals surface area (Å²) < 4.78 is 0. The quantitative estimate of drug-likeness (QED) is 0.535. The zero-order valence-electron chi connectivity index (χ0n) is 13.2. The van der Waals surface area contributed by atoms with Gasteiger partial charge in [-0.3, -0.25) is 9.59 Å². The third-order valence-corrected chi connectivity index (χ3v) is 4.05. The molecule has 0 unspecified atom stereocenters. The Labute approximate surface area is 143 Å². The van der Waals surface area contributed by atoms with E-state index in [0.717, 1.165) is 16.5 Å². The number of aromatic nitrogens is 2. The van der Waals surface area contributed by atoms with E-state index in [1.54, 1.807) is 18.2 Å². The van der Waals surface area contributed by atoms with Gasteiger partial charge in [0.25, 0.3) is 11.5 Å². The Morgan fingerprint density at radius 1 is 0.920 bits per heavy atom. The molecule has 5 nitrogen and oxygen atoms in total. The molecule has 4 aromatic rings. The molecule has 5 heteroatoms. The van der Waals surface area contributed by atoms with Crippen LogP contribution in [0, 0.1) is 0 Å². The van der Waals surface area contributed by atoms with Gasteiger partial charge in [-0.1, -0.05) is 30.3 Å². The predicted molar refractivity (Wildman–Crippen MR) is 98.8 cm³/mol. The van der Waals surface area contributed by atoms with Gasteiger partial charge in [0.2, 0.25) is 0 Å². The van der Waals surface area contributed by atoms with Crippen molar-refractivity contribution in [3.63, 3.8) is 0 Å². The maximum absolute atomic E-state index is 12.4. The van der Waals surface area contributed by atoms with Crippen molar-refractivity contribution in [1.29, 1.82) is 0 Å². The van der Waals surface area contributed by atoms with Crippen LogP contribution < -0.4 is 10.9 Å². The van der Waals surface area contributed by atoms with Gasteiger partial charge >= 0.3 is 0 Å². The number of aromatic amines is 2. The van der Waals surface area contributed by atoms with Gasteiger partial charge in [0, 0.05) is 28.5 Å². The molecule has 0 radical (unpaired) electrons. The van der Waals surface area contributed by atoms with Crippen molar-refractivity contribution in [2.24, 2.45) is 0 Å². The highest BCUT2D eigenvalue weighted by molar-refractivity contribution is 6.05. The lowest BCUT2D eigenvalue weighted by atomic mass is 10.1. The molecule has 0 spiro atoms. The number of amides is 1. The number of anilines is 1. The lowest BCUT2D eigenvalue weighted by Crippen LogP contribution is -2.23. The van der Waals surface area contributed by atoms with Gasteiger partial charge in [0.05, 0.1) is 0 Å². The van der Waals surface area contributed by atoms with Crippen molar-refractivity contribution in [1.82, 2.24) is 9.97 Å². The Morgan fingerprint density at radius 3 is 2.56 bits per heavy atom. The maximum Gasteiger partial charge on any atom is 0.261 e. The fourth-order valence-corrected chi connectivity index (χ4v) is 2.77. The first-order valence-corrected chi connectivity index (χ1v) is 7.88. The molecule has 4 rings (SSSR count). The van der Waals surface area contributed by atoms with Crippen LogP contribution in [-0.4, -0.2) is 15.9 Å². The summed E-state index contributed by atoms with van der Waals surface area (Å²) in [5, 5.41) is 3.76. The standard InChI is InChI=1S/C20H15N3O2/c24-19(22-15-6-8-17-14(12-15)10-11-21-17)16-7-9-18(23-20(16)25)13-4-2-1-3-5-13/h1-12,21H,(H,22,24)(H,23,25). The molecule has 2 aromatic heterocycles. The number of benzene rings is 2. The third kappa shape index (κ3) is 2.95. The van der Waals surface area contributed by atoms with E-state index >= 15 is 0 Å². The molecule has 0 aliphatic heterocycles. The summed E-state index contributed by atoms with van der Waals surface area (Å²) in [5.74, 6) is -0.434. The lowest BCUT2D eigenvalue weighted by molar-refractivity contribution is 0.102. The molecule has 25 heavy (non-hydrogen) atoms. The van der Waals surface area contributed by atoms with Gasteiger partial charge in [-0.15, -0.1) is 0 Å². The van der Waals surface area contributed by atoms with E-state index in [4.69, 9.17) is 0 Å². The van der Waals surface area contributed by atoms with Crippen molar-refractivity contribution >= 4 is 22.5 Å². The summed E-state index contributed by atoms with van der Waals surface area (Å²) in [6.07, 6.45) is 1.84. The third-order valence-electron chi connectivity index (χ3n) is 4.05. The van der Waals surface area contributed by atoms with Gasteiger partial charge in [-0.2, -0.15) is 0 Å². The monoisotopic (exact) mass is 329 g/mol. The van der Waals surface area contributed by atoms with Crippen LogP contribution in [0.2, 0.25) is 0 Å². The Morgan fingerprint density at radius 2 is 1.76 bits per heavy atom. The molecule has 0 aliphatic carbocycles. The van der Waals surface area contributed by atoms with Crippen LogP contribution in [0.1, 0.15) is 10.4 Å². The van der Waals surface area contributed by atoms with E-state index in [9.17, 15) is 9.59 Å². The molecule has 2 heterocycles. The first-order valence-electron chi connectivity index (χ1n) is 7.88. The average molecular weight is 329 g/mol. The molecule has 0 aliphatic rings. The lowest BCUT2D eigenvalue weighted by Gasteiger charge is -2.06. The molecule has 0 saturated heterocycles. The van der Waals surface area contributed by atoms with E-state index in [1.165, 1.54) is 0 Å². The van der Waals surface area contributed by atoms with Gasteiger partial charge < -0.3 is 15.3 Å². The van der Waals surface area contributed by atoms with Gasteiger partial charge in [-0.25, -0.2) is 0 Å². The Hall–Kier alpha value is -3.60. The van der Waals surface area contributed by atoms with Crippen LogP contribution >= 0.6 is 0 Å². The number of rotatable bonds is 3.